The van der Waals surface area contributed by atoms with Gasteiger partial charge in [0.2, 0.25) is 0 Å². The summed E-state index contributed by atoms with van der Waals surface area (Å²) in [5, 5.41) is 0.802. The third-order valence-corrected chi connectivity index (χ3v) is 2.58. The van der Waals surface area contributed by atoms with Crippen LogP contribution in [-0.2, 0) is 5.75 Å². The standard InChI is InChI=1S/C10H9N3S.ClH/c1-3-9(7-11-4-1)8-14-10-12-5-2-6-13-10;/h1-7H,8H2;1H. The van der Waals surface area contributed by atoms with Crippen LogP contribution in [0, 0.1) is 0 Å². The van der Waals surface area contributed by atoms with E-state index in [-0.39, 0.29) is 12.4 Å². The fourth-order valence-electron chi connectivity index (χ4n) is 0.991. The summed E-state index contributed by atoms with van der Waals surface area (Å²) in [5.41, 5.74) is 1.19. The lowest BCUT2D eigenvalue weighted by Crippen LogP contribution is -1.86. The number of halogens is 1. The first-order valence-electron chi connectivity index (χ1n) is 4.24. The maximum absolute atomic E-state index is 4.13. The van der Waals surface area contributed by atoms with E-state index in [9.17, 15) is 0 Å². The third kappa shape index (κ3) is 3.85. The van der Waals surface area contributed by atoms with Crippen molar-refractivity contribution >= 4 is 24.2 Å². The second-order valence-corrected chi connectivity index (χ2v) is 3.62. The monoisotopic (exact) mass is 239 g/mol. The number of pyridine rings is 1. The van der Waals surface area contributed by atoms with Crippen LogP contribution in [0.3, 0.4) is 0 Å². The average molecular weight is 240 g/mol. The number of aromatic nitrogens is 3. The molecule has 0 unspecified atom stereocenters. The fraction of sp³-hybridized carbons (Fsp3) is 0.100. The summed E-state index contributed by atoms with van der Waals surface area (Å²) in [6, 6.07) is 5.79. The number of rotatable bonds is 3. The Morgan fingerprint density at radius 3 is 2.53 bits per heavy atom. The highest BCUT2D eigenvalue weighted by Gasteiger charge is 1.96. The molecule has 0 aliphatic heterocycles. The molecule has 0 bridgehead atoms. The number of hydrogen-bond acceptors (Lipinski definition) is 4. The van der Waals surface area contributed by atoms with Crippen LogP contribution in [-0.4, -0.2) is 15.0 Å². The number of nitrogens with zero attached hydrogens (tertiary/aromatic N) is 3. The van der Waals surface area contributed by atoms with E-state index in [0.29, 0.717) is 0 Å². The normalized spacial score (nSPS) is 9.33. The first-order chi connectivity index (χ1) is 6.95. The lowest BCUT2D eigenvalue weighted by atomic mass is 10.3. The molecule has 78 valence electrons. The van der Waals surface area contributed by atoms with Crippen LogP contribution in [0.5, 0.6) is 0 Å². The zero-order chi connectivity index (χ0) is 9.64. The summed E-state index contributed by atoms with van der Waals surface area (Å²) in [5.74, 6) is 0.859. The van der Waals surface area contributed by atoms with Crippen molar-refractivity contribution in [2.45, 2.75) is 10.9 Å². The van der Waals surface area contributed by atoms with Gasteiger partial charge >= 0.3 is 0 Å². The number of hydrogen-bond donors (Lipinski definition) is 0. The molecule has 0 spiro atoms. The van der Waals surface area contributed by atoms with Gasteiger partial charge in [0.15, 0.2) is 5.16 Å². The predicted molar refractivity (Wildman–Crippen MR) is 63.1 cm³/mol. The first-order valence-corrected chi connectivity index (χ1v) is 5.22. The minimum Gasteiger partial charge on any atom is -0.264 e. The lowest BCUT2D eigenvalue weighted by molar-refractivity contribution is 0.966. The lowest BCUT2D eigenvalue weighted by Gasteiger charge is -1.98. The van der Waals surface area contributed by atoms with Crippen LogP contribution in [0.25, 0.3) is 0 Å². The fourth-order valence-corrected chi connectivity index (χ4v) is 1.73. The van der Waals surface area contributed by atoms with E-state index in [1.807, 2.05) is 24.4 Å². The average Bonchev–Trinajstić information content (AvgIpc) is 2.29. The van der Waals surface area contributed by atoms with Gasteiger partial charge in [0.25, 0.3) is 0 Å². The largest absolute Gasteiger partial charge is 0.264 e. The highest BCUT2D eigenvalue weighted by molar-refractivity contribution is 7.98. The molecule has 0 amide bonds. The molecule has 2 aromatic rings. The Bertz CT molecular complexity index is 343. The smallest absolute Gasteiger partial charge is 0.187 e. The molecule has 0 aliphatic carbocycles. The van der Waals surface area contributed by atoms with Crippen molar-refractivity contribution in [3.05, 3.63) is 48.5 Å². The van der Waals surface area contributed by atoms with Crippen LogP contribution in [0.4, 0.5) is 0 Å². The van der Waals surface area contributed by atoms with Crippen molar-refractivity contribution < 1.29 is 0 Å². The van der Waals surface area contributed by atoms with E-state index in [0.717, 1.165) is 10.9 Å². The van der Waals surface area contributed by atoms with Crippen LogP contribution in [0.1, 0.15) is 5.56 Å². The van der Waals surface area contributed by atoms with Gasteiger partial charge in [-0.25, -0.2) is 9.97 Å². The molecule has 0 saturated carbocycles. The van der Waals surface area contributed by atoms with Crippen molar-refractivity contribution in [1.29, 1.82) is 0 Å². The summed E-state index contributed by atoms with van der Waals surface area (Å²) < 4.78 is 0. The Morgan fingerprint density at radius 1 is 1.07 bits per heavy atom. The molecule has 3 nitrogen and oxygen atoms in total. The predicted octanol–water partition coefficient (Wildman–Crippen LogP) is 2.59. The van der Waals surface area contributed by atoms with Gasteiger partial charge in [0.05, 0.1) is 0 Å². The van der Waals surface area contributed by atoms with Gasteiger partial charge < -0.3 is 0 Å². The Morgan fingerprint density at radius 2 is 1.87 bits per heavy atom. The second kappa shape index (κ2) is 6.37. The van der Waals surface area contributed by atoms with Gasteiger partial charge in [-0.05, 0) is 17.7 Å². The summed E-state index contributed by atoms with van der Waals surface area (Å²) in [6.45, 7) is 0. The zero-order valence-electron chi connectivity index (χ0n) is 7.91. The Balaban J connectivity index is 0.00000112. The SMILES string of the molecule is Cl.c1cnc(SCc2cccnc2)nc1. The van der Waals surface area contributed by atoms with Crippen LogP contribution < -0.4 is 0 Å². The molecule has 0 radical (unpaired) electrons. The summed E-state index contributed by atoms with van der Waals surface area (Å²) in [6.07, 6.45) is 7.13. The zero-order valence-corrected chi connectivity index (χ0v) is 9.54. The molecule has 0 fully saturated rings. The highest BCUT2D eigenvalue weighted by Crippen LogP contribution is 2.16. The summed E-state index contributed by atoms with van der Waals surface area (Å²) >= 11 is 1.61. The Kier molecular flexibility index (Phi) is 5.07. The van der Waals surface area contributed by atoms with Gasteiger partial charge in [0, 0.05) is 30.5 Å². The van der Waals surface area contributed by atoms with Gasteiger partial charge in [-0.2, -0.15) is 0 Å². The molecule has 0 N–H and O–H groups in total. The topological polar surface area (TPSA) is 38.7 Å². The Labute approximate surface area is 98.8 Å². The quantitative estimate of drug-likeness (QED) is 0.610. The minimum atomic E-state index is 0. The molecule has 2 heterocycles. The molecule has 2 aromatic heterocycles. The molecule has 15 heavy (non-hydrogen) atoms. The minimum absolute atomic E-state index is 0. The van der Waals surface area contributed by atoms with Gasteiger partial charge in [0.1, 0.15) is 0 Å². The molecule has 2 rings (SSSR count). The summed E-state index contributed by atoms with van der Waals surface area (Å²) in [7, 11) is 0. The maximum Gasteiger partial charge on any atom is 0.187 e. The number of thioether (sulfide) groups is 1. The highest BCUT2D eigenvalue weighted by atomic mass is 35.5. The van der Waals surface area contributed by atoms with E-state index >= 15 is 0 Å². The van der Waals surface area contributed by atoms with Crippen molar-refractivity contribution in [2.75, 3.05) is 0 Å². The van der Waals surface area contributed by atoms with Crippen molar-refractivity contribution in [2.24, 2.45) is 0 Å². The van der Waals surface area contributed by atoms with E-state index in [4.69, 9.17) is 0 Å². The second-order valence-electron chi connectivity index (χ2n) is 2.68. The molecule has 0 atom stereocenters. The van der Waals surface area contributed by atoms with Gasteiger partial charge in [-0.1, -0.05) is 17.8 Å². The van der Waals surface area contributed by atoms with Crippen LogP contribution >= 0.6 is 24.2 Å². The van der Waals surface area contributed by atoms with E-state index < -0.39 is 0 Å². The maximum atomic E-state index is 4.13. The van der Waals surface area contributed by atoms with E-state index in [2.05, 4.69) is 15.0 Å². The first kappa shape index (κ1) is 11.9. The third-order valence-electron chi connectivity index (χ3n) is 1.63. The van der Waals surface area contributed by atoms with Crippen molar-refractivity contribution in [1.82, 2.24) is 15.0 Å². The molecule has 0 saturated heterocycles. The molecular formula is C10H10ClN3S. The van der Waals surface area contributed by atoms with Crippen molar-refractivity contribution in [3.8, 4) is 0 Å². The molecule has 0 aliphatic rings. The molecule has 5 heteroatoms. The van der Waals surface area contributed by atoms with Gasteiger partial charge in [-0.15, -0.1) is 12.4 Å². The van der Waals surface area contributed by atoms with E-state index in [1.165, 1.54) is 5.56 Å². The van der Waals surface area contributed by atoms with Crippen LogP contribution in [0.15, 0.2) is 48.1 Å². The van der Waals surface area contributed by atoms with Gasteiger partial charge in [-0.3, -0.25) is 4.98 Å². The Hall–Kier alpha value is -1.13. The van der Waals surface area contributed by atoms with Crippen LogP contribution in [0.2, 0.25) is 0 Å². The summed E-state index contributed by atoms with van der Waals surface area (Å²) in [4.78, 5) is 12.3. The molecular weight excluding hydrogens is 230 g/mol. The van der Waals surface area contributed by atoms with Crippen molar-refractivity contribution in [3.63, 3.8) is 0 Å². The molecule has 0 aromatic carbocycles. The van der Waals surface area contributed by atoms with E-state index in [1.54, 1.807) is 30.4 Å².